The summed E-state index contributed by atoms with van der Waals surface area (Å²) in [5, 5.41) is 11.3. The normalized spacial score (nSPS) is 32.7. The third kappa shape index (κ3) is 2.57. The van der Waals surface area contributed by atoms with Crippen LogP contribution in [-0.2, 0) is 11.0 Å². The molecule has 26 heavy (non-hydrogen) atoms. The molecule has 140 valence electrons. The van der Waals surface area contributed by atoms with E-state index in [1.165, 1.54) is 12.1 Å². The van der Waals surface area contributed by atoms with Crippen LogP contribution in [0.4, 0.5) is 18.0 Å². The molecule has 3 aliphatic carbocycles. The van der Waals surface area contributed by atoms with E-state index in [1.54, 1.807) is 4.90 Å². The first-order chi connectivity index (χ1) is 12.1. The number of rotatable bonds is 4. The maximum Gasteiger partial charge on any atom is 0.416 e. The summed E-state index contributed by atoms with van der Waals surface area (Å²) < 4.78 is 43.3. The summed E-state index contributed by atoms with van der Waals surface area (Å²) in [7, 11) is 0. The van der Waals surface area contributed by atoms with Crippen LogP contribution < -0.4 is 10.1 Å². The Morgan fingerprint density at radius 2 is 1.85 bits per heavy atom. The molecule has 6 nitrogen and oxygen atoms in total. The number of benzene rings is 1. The lowest BCUT2D eigenvalue weighted by atomic mass is 9.43. The monoisotopic (exact) mass is 370 g/mol. The molecule has 3 saturated carbocycles. The minimum Gasteiger partial charge on any atom is -0.481 e. The Morgan fingerprint density at radius 3 is 2.38 bits per heavy atom. The molecule has 2 amide bonds. The van der Waals surface area contributed by atoms with E-state index >= 15 is 0 Å². The first-order valence-corrected chi connectivity index (χ1v) is 8.29. The van der Waals surface area contributed by atoms with Gasteiger partial charge in [0, 0.05) is 18.5 Å². The molecule has 4 aliphatic rings. The molecule has 2 bridgehead atoms. The second kappa shape index (κ2) is 5.28. The number of ether oxygens (including phenoxy) is 1. The van der Waals surface area contributed by atoms with E-state index in [0.717, 1.165) is 12.1 Å². The highest BCUT2D eigenvalue weighted by atomic mass is 19.4. The Balaban J connectivity index is 1.36. The van der Waals surface area contributed by atoms with Gasteiger partial charge in [-0.25, -0.2) is 4.79 Å². The molecule has 1 saturated heterocycles. The van der Waals surface area contributed by atoms with Crippen molar-refractivity contribution in [3.05, 3.63) is 29.8 Å². The fraction of sp³-hybridized carbons (Fsp3) is 0.529. The van der Waals surface area contributed by atoms with Crippen LogP contribution in [0.1, 0.15) is 31.2 Å². The second-order valence-electron chi connectivity index (χ2n) is 7.37. The van der Waals surface area contributed by atoms with Crippen molar-refractivity contribution < 1.29 is 32.6 Å². The second-order valence-corrected chi connectivity index (χ2v) is 7.37. The van der Waals surface area contributed by atoms with Crippen molar-refractivity contribution in [3.8, 4) is 5.75 Å². The van der Waals surface area contributed by atoms with Crippen molar-refractivity contribution in [2.75, 3.05) is 6.54 Å². The summed E-state index contributed by atoms with van der Waals surface area (Å²) in [4.78, 5) is 25.1. The first-order valence-electron chi connectivity index (χ1n) is 8.29. The maximum atomic E-state index is 12.6. The number of nitrogens with zero attached hydrogens (tertiary/aromatic N) is 1. The van der Waals surface area contributed by atoms with E-state index in [2.05, 4.69) is 5.32 Å². The molecule has 1 aliphatic heterocycles. The largest absolute Gasteiger partial charge is 0.481 e. The fourth-order valence-corrected chi connectivity index (χ4v) is 4.50. The van der Waals surface area contributed by atoms with E-state index in [4.69, 9.17) is 9.84 Å². The molecule has 0 spiro atoms. The van der Waals surface area contributed by atoms with Gasteiger partial charge in [-0.05, 0) is 43.5 Å². The van der Waals surface area contributed by atoms with Crippen molar-refractivity contribution >= 4 is 12.0 Å². The predicted octanol–water partition coefficient (Wildman–Crippen LogP) is 2.63. The van der Waals surface area contributed by atoms with Gasteiger partial charge in [-0.2, -0.15) is 13.2 Å². The van der Waals surface area contributed by atoms with Gasteiger partial charge in [0.05, 0.1) is 11.1 Å². The number of amides is 2. The molecule has 0 aromatic heterocycles. The highest BCUT2D eigenvalue weighted by Crippen LogP contribution is 2.64. The molecular weight excluding hydrogens is 353 g/mol. The Labute approximate surface area is 146 Å². The molecule has 1 heterocycles. The van der Waals surface area contributed by atoms with Gasteiger partial charge in [0.15, 0.2) is 6.10 Å². The van der Waals surface area contributed by atoms with Gasteiger partial charge < -0.3 is 20.1 Å². The quantitative estimate of drug-likeness (QED) is 0.854. The molecule has 1 atom stereocenters. The van der Waals surface area contributed by atoms with Crippen molar-refractivity contribution in [1.29, 1.82) is 0 Å². The van der Waals surface area contributed by atoms with Gasteiger partial charge in [0.25, 0.3) is 5.91 Å². The van der Waals surface area contributed by atoms with Crippen LogP contribution in [0.15, 0.2) is 24.3 Å². The van der Waals surface area contributed by atoms with Crippen LogP contribution in [0.2, 0.25) is 0 Å². The number of hydrogen-bond donors (Lipinski definition) is 2. The number of carboxylic acid groups (broad SMARTS) is 1. The topological polar surface area (TPSA) is 78.9 Å². The van der Waals surface area contributed by atoms with Gasteiger partial charge in [-0.3, -0.25) is 4.79 Å². The predicted molar refractivity (Wildman–Crippen MR) is 82.7 cm³/mol. The molecule has 2 N–H and O–H groups in total. The number of likely N-dealkylation sites (tertiary alicyclic amines) is 1. The third-order valence-corrected chi connectivity index (χ3v) is 5.56. The number of halogens is 3. The minimum atomic E-state index is -4.41. The summed E-state index contributed by atoms with van der Waals surface area (Å²) in [6.07, 6.45) is -3.93. The number of alkyl halides is 3. The van der Waals surface area contributed by atoms with Crippen LogP contribution in [0.25, 0.3) is 0 Å². The highest BCUT2D eigenvalue weighted by molar-refractivity contribution is 5.85. The molecule has 4 fully saturated rings. The molecule has 5 rings (SSSR count). The zero-order valence-corrected chi connectivity index (χ0v) is 13.7. The van der Waals surface area contributed by atoms with Crippen molar-refractivity contribution in [3.63, 3.8) is 0 Å². The Bertz CT molecular complexity index is 742. The molecule has 1 unspecified atom stereocenters. The lowest BCUT2D eigenvalue weighted by Gasteiger charge is -2.72. The molecular formula is C17H17F3N2O4. The number of carbonyl (C=O) groups excluding carboxylic acids is 1. The summed E-state index contributed by atoms with van der Waals surface area (Å²) >= 11 is 0. The number of nitrogens with one attached hydrogen (secondary N) is 1. The van der Waals surface area contributed by atoms with Gasteiger partial charge in [0.1, 0.15) is 5.75 Å². The fourth-order valence-electron chi connectivity index (χ4n) is 4.50. The maximum absolute atomic E-state index is 12.6. The Hall–Kier alpha value is -2.45. The van der Waals surface area contributed by atoms with Gasteiger partial charge in [-0.15, -0.1) is 0 Å². The van der Waals surface area contributed by atoms with Crippen LogP contribution in [0, 0.1) is 0 Å². The molecule has 0 radical (unpaired) electrons. The van der Waals surface area contributed by atoms with Crippen LogP contribution in [0.3, 0.4) is 0 Å². The SMILES string of the molecule is O=C(O)NC12CC(N3CCC(Oc4ccc(C(F)(F)F)cc4)C3=O)(C1)C2. The zero-order chi connectivity index (χ0) is 18.7. The van der Waals surface area contributed by atoms with E-state index < -0.39 is 29.5 Å². The van der Waals surface area contributed by atoms with E-state index in [0.29, 0.717) is 32.2 Å². The molecule has 9 heteroatoms. The average Bonchev–Trinajstić information content (AvgIpc) is 2.82. The summed E-state index contributed by atoms with van der Waals surface area (Å²) in [5.41, 5.74) is -1.47. The van der Waals surface area contributed by atoms with Crippen LogP contribution in [-0.4, -0.2) is 45.7 Å². The van der Waals surface area contributed by atoms with Crippen molar-refractivity contribution in [1.82, 2.24) is 10.2 Å². The molecule has 1 aromatic carbocycles. The van der Waals surface area contributed by atoms with E-state index in [9.17, 15) is 22.8 Å². The van der Waals surface area contributed by atoms with Crippen molar-refractivity contribution in [2.24, 2.45) is 0 Å². The van der Waals surface area contributed by atoms with Gasteiger partial charge in [0.2, 0.25) is 0 Å². The Kier molecular flexibility index (Phi) is 3.45. The summed E-state index contributed by atoms with van der Waals surface area (Å²) in [6.45, 7) is 0.507. The van der Waals surface area contributed by atoms with E-state index in [1.807, 2.05) is 0 Å². The third-order valence-electron chi connectivity index (χ3n) is 5.56. The van der Waals surface area contributed by atoms with Gasteiger partial charge >= 0.3 is 12.3 Å². The van der Waals surface area contributed by atoms with Crippen LogP contribution in [0.5, 0.6) is 5.75 Å². The lowest BCUT2D eigenvalue weighted by molar-refractivity contribution is -0.183. The Morgan fingerprint density at radius 1 is 1.23 bits per heavy atom. The number of hydrogen-bond acceptors (Lipinski definition) is 3. The first kappa shape index (κ1) is 17.0. The van der Waals surface area contributed by atoms with Gasteiger partial charge in [-0.1, -0.05) is 0 Å². The van der Waals surface area contributed by atoms with Crippen molar-refractivity contribution in [2.45, 2.75) is 49.0 Å². The average molecular weight is 370 g/mol. The minimum absolute atomic E-state index is 0.187. The lowest BCUT2D eigenvalue weighted by Crippen LogP contribution is -2.83. The standard InChI is InChI=1S/C17H17F3N2O4/c18-17(19,20)10-1-3-11(4-2-10)26-12-5-6-22(13(12)23)16-7-15(8-16,9-16)21-14(24)25/h1-4,12,21H,5-9H2,(H,24,25). The van der Waals surface area contributed by atoms with Crippen LogP contribution >= 0.6 is 0 Å². The molecule has 1 aromatic rings. The highest BCUT2D eigenvalue weighted by Gasteiger charge is 2.72. The summed E-state index contributed by atoms with van der Waals surface area (Å²) in [5.74, 6) is 0.0355. The number of carbonyl (C=O) groups is 2. The zero-order valence-electron chi connectivity index (χ0n) is 13.7. The smallest absolute Gasteiger partial charge is 0.416 e. The summed E-state index contributed by atoms with van der Waals surface area (Å²) in [6, 6.07) is 4.28. The van der Waals surface area contributed by atoms with E-state index in [-0.39, 0.29) is 17.2 Å².